The third-order valence-electron chi connectivity index (χ3n) is 5.29. The Labute approximate surface area is 173 Å². The van der Waals surface area contributed by atoms with Gasteiger partial charge in [0.25, 0.3) is 0 Å². The second kappa shape index (κ2) is 8.02. The van der Waals surface area contributed by atoms with Gasteiger partial charge in [0.05, 0.1) is 24.2 Å². The molecule has 0 fully saturated rings. The van der Waals surface area contributed by atoms with Crippen LogP contribution in [0.25, 0.3) is 22.0 Å². The quantitative estimate of drug-likeness (QED) is 0.476. The molecule has 7 heteroatoms. The lowest BCUT2D eigenvalue weighted by molar-refractivity contribution is -0.121. The molecule has 0 spiro atoms. The molecule has 2 heterocycles. The number of H-pyrrole nitrogens is 1. The van der Waals surface area contributed by atoms with Crippen LogP contribution in [0.1, 0.15) is 36.3 Å². The Morgan fingerprint density at radius 1 is 1.27 bits per heavy atom. The number of amides is 1. The highest BCUT2D eigenvalue weighted by atomic mass is 16.5. The Hall–Kier alpha value is -3.61. The predicted octanol–water partition coefficient (Wildman–Crippen LogP) is 3.80. The Morgan fingerprint density at radius 3 is 2.83 bits per heavy atom. The van der Waals surface area contributed by atoms with Crippen molar-refractivity contribution in [2.24, 2.45) is 0 Å². The van der Waals surface area contributed by atoms with Crippen molar-refractivity contribution < 1.29 is 13.9 Å². The maximum Gasteiger partial charge on any atom is 0.339 e. The molecule has 2 N–H and O–H groups in total. The number of para-hydroxylation sites is 2. The van der Waals surface area contributed by atoms with Crippen LogP contribution in [0.5, 0.6) is 5.75 Å². The van der Waals surface area contributed by atoms with Crippen molar-refractivity contribution >= 4 is 27.9 Å². The summed E-state index contributed by atoms with van der Waals surface area (Å²) in [6, 6.07) is 12.8. The number of aromatic amines is 1. The van der Waals surface area contributed by atoms with Crippen LogP contribution in [0.15, 0.2) is 51.7 Å². The SMILES string of the molecule is COc1ccc2c(C)c(CCC(=O)NC(C)c3nc4ccccc4[nH]3)c(=O)oc2c1. The molecule has 0 radical (unpaired) electrons. The molecule has 1 amide bonds. The molecule has 0 aliphatic rings. The molecule has 2 aromatic carbocycles. The molecule has 1 unspecified atom stereocenters. The van der Waals surface area contributed by atoms with E-state index in [1.807, 2.05) is 50.2 Å². The third-order valence-corrected chi connectivity index (χ3v) is 5.29. The van der Waals surface area contributed by atoms with E-state index < -0.39 is 5.63 Å². The first-order chi connectivity index (χ1) is 14.5. The molecule has 0 bridgehead atoms. The first-order valence-electron chi connectivity index (χ1n) is 9.80. The summed E-state index contributed by atoms with van der Waals surface area (Å²) < 4.78 is 10.6. The minimum atomic E-state index is -0.425. The number of aromatic nitrogens is 2. The molecule has 1 atom stereocenters. The molecular formula is C23H23N3O4. The summed E-state index contributed by atoms with van der Waals surface area (Å²) >= 11 is 0. The normalized spacial score (nSPS) is 12.2. The number of benzene rings is 2. The van der Waals surface area contributed by atoms with E-state index in [1.54, 1.807) is 13.2 Å². The van der Waals surface area contributed by atoms with Crippen LogP contribution in [0, 0.1) is 6.92 Å². The van der Waals surface area contributed by atoms with Gasteiger partial charge in [-0.25, -0.2) is 9.78 Å². The standard InChI is InChI=1S/C23H23N3O4/c1-13-16-9-8-15(29-3)12-20(16)30-23(28)17(13)10-11-21(27)24-14(2)22-25-18-6-4-5-7-19(18)26-22/h4-9,12,14H,10-11H2,1-3H3,(H,24,27)(H,25,26). The van der Waals surface area contributed by atoms with Gasteiger partial charge in [0.1, 0.15) is 17.2 Å². The fraction of sp³-hybridized carbons (Fsp3) is 0.261. The number of carbonyl (C=O) groups is 1. The van der Waals surface area contributed by atoms with Crippen LogP contribution in [-0.2, 0) is 11.2 Å². The average molecular weight is 405 g/mol. The fourth-order valence-corrected chi connectivity index (χ4v) is 3.59. The number of hydrogen-bond acceptors (Lipinski definition) is 5. The zero-order valence-electron chi connectivity index (χ0n) is 17.1. The fourth-order valence-electron chi connectivity index (χ4n) is 3.59. The van der Waals surface area contributed by atoms with Crippen molar-refractivity contribution in [3.05, 3.63) is 69.8 Å². The van der Waals surface area contributed by atoms with E-state index in [9.17, 15) is 9.59 Å². The molecule has 154 valence electrons. The Morgan fingerprint density at radius 2 is 2.07 bits per heavy atom. The summed E-state index contributed by atoms with van der Waals surface area (Å²) in [4.78, 5) is 32.7. The summed E-state index contributed by atoms with van der Waals surface area (Å²) in [6.07, 6.45) is 0.479. The van der Waals surface area contributed by atoms with E-state index in [1.165, 1.54) is 0 Å². The van der Waals surface area contributed by atoms with Gasteiger partial charge in [-0.2, -0.15) is 0 Å². The minimum absolute atomic E-state index is 0.156. The number of rotatable bonds is 6. The Kier molecular flexibility index (Phi) is 5.27. The van der Waals surface area contributed by atoms with Gasteiger partial charge in [-0.05, 0) is 50.1 Å². The van der Waals surface area contributed by atoms with E-state index in [0.717, 1.165) is 22.0 Å². The molecule has 0 aliphatic carbocycles. The van der Waals surface area contributed by atoms with Gasteiger partial charge < -0.3 is 19.5 Å². The maximum absolute atomic E-state index is 12.5. The van der Waals surface area contributed by atoms with Gasteiger partial charge in [-0.1, -0.05) is 12.1 Å². The van der Waals surface area contributed by atoms with Crippen LogP contribution < -0.4 is 15.7 Å². The summed E-state index contributed by atoms with van der Waals surface area (Å²) in [5.41, 5.74) is 3.17. The zero-order chi connectivity index (χ0) is 21.3. The van der Waals surface area contributed by atoms with E-state index in [-0.39, 0.29) is 18.4 Å². The largest absolute Gasteiger partial charge is 0.497 e. The number of methoxy groups -OCH3 is 1. The summed E-state index contributed by atoms with van der Waals surface area (Å²) in [5, 5.41) is 3.77. The lowest BCUT2D eigenvalue weighted by Gasteiger charge is -2.12. The van der Waals surface area contributed by atoms with Crippen molar-refractivity contribution in [2.75, 3.05) is 7.11 Å². The van der Waals surface area contributed by atoms with Gasteiger partial charge >= 0.3 is 5.63 Å². The molecular weight excluding hydrogens is 382 g/mol. The van der Waals surface area contributed by atoms with Crippen LogP contribution >= 0.6 is 0 Å². The van der Waals surface area contributed by atoms with Gasteiger partial charge in [0.2, 0.25) is 5.91 Å². The van der Waals surface area contributed by atoms with E-state index >= 15 is 0 Å². The highest BCUT2D eigenvalue weighted by Crippen LogP contribution is 2.24. The summed E-state index contributed by atoms with van der Waals surface area (Å²) in [7, 11) is 1.56. The van der Waals surface area contributed by atoms with Crippen molar-refractivity contribution in [2.45, 2.75) is 32.7 Å². The number of aryl methyl sites for hydroxylation is 1. The van der Waals surface area contributed by atoms with E-state index in [2.05, 4.69) is 15.3 Å². The second-order valence-electron chi connectivity index (χ2n) is 7.28. The zero-order valence-corrected chi connectivity index (χ0v) is 17.1. The Balaban J connectivity index is 1.46. The number of fused-ring (bicyclic) bond motifs is 2. The molecule has 2 aromatic heterocycles. The Bertz CT molecular complexity index is 1260. The highest BCUT2D eigenvalue weighted by Gasteiger charge is 2.16. The number of hydrogen-bond donors (Lipinski definition) is 2. The predicted molar refractivity (Wildman–Crippen MR) is 115 cm³/mol. The number of nitrogens with one attached hydrogen (secondary N) is 2. The van der Waals surface area contributed by atoms with Gasteiger partial charge in [0, 0.05) is 23.4 Å². The first-order valence-corrected chi connectivity index (χ1v) is 9.80. The van der Waals surface area contributed by atoms with Crippen molar-refractivity contribution in [3.63, 3.8) is 0 Å². The molecule has 0 saturated heterocycles. The summed E-state index contributed by atoms with van der Waals surface area (Å²) in [6.45, 7) is 3.74. The lowest BCUT2D eigenvalue weighted by atomic mass is 10.0. The topological polar surface area (TPSA) is 97.2 Å². The number of ether oxygens (including phenoxy) is 1. The molecule has 4 rings (SSSR count). The monoisotopic (exact) mass is 405 g/mol. The minimum Gasteiger partial charge on any atom is -0.497 e. The molecule has 30 heavy (non-hydrogen) atoms. The number of carbonyl (C=O) groups excluding carboxylic acids is 1. The van der Waals surface area contributed by atoms with Crippen LogP contribution in [0.3, 0.4) is 0 Å². The molecule has 4 aromatic rings. The van der Waals surface area contributed by atoms with Gasteiger partial charge in [-0.15, -0.1) is 0 Å². The number of imidazole rings is 1. The first kappa shape index (κ1) is 19.7. The van der Waals surface area contributed by atoms with Gasteiger partial charge in [0.15, 0.2) is 0 Å². The smallest absolute Gasteiger partial charge is 0.339 e. The van der Waals surface area contributed by atoms with Crippen molar-refractivity contribution in [1.82, 2.24) is 15.3 Å². The third kappa shape index (κ3) is 3.78. The van der Waals surface area contributed by atoms with Crippen molar-refractivity contribution in [1.29, 1.82) is 0 Å². The van der Waals surface area contributed by atoms with Gasteiger partial charge in [-0.3, -0.25) is 4.79 Å². The average Bonchev–Trinajstić information content (AvgIpc) is 3.17. The van der Waals surface area contributed by atoms with Crippen LogP contribution in [0.2, 0.25) is 0 Å². The van der Waals surface area contributed by atoms with Crippen LogP contribution in [-0.4, -0.2) is 23.0 Å². The second-order valence-corrected chi connectivity index (χ2v) is 7.28. The van der Waals surface area contributed by atoms with E-state index in [4.69, 9.17) is 9.15 Å². The van der Waals surface area contributed by atoms with Crippen molar-refractivity contribution in [3.8, 4) is 5.75 Å². The molecule has 7 nitrogen and oxygen atoms in total. The summed E-state index contributed by atoms with van der Waals surface area (Å²) in [5.74, 6) is 1.16. The van der Waals surface area contributed by atoms with E-state index in [0.29, 0.717) is 29.1 Å². The van der Waals surface area contributed by atoms with Crippen LogP contribution in [0.4, 0.5) is 0 Å². The molecule has 0 saturated carbocycles. The maximum atomic E-state index is 12.5. The molecule has 0 aliphatic heterocycles. The highest BCUT2D eigenvalue weighted by molar-refractivity contribution is 5.83. The lowest BCUT2D eigenvalue weighted by Crippen LogP contribution is -2.28. The number of nitrogens with zero attached hydrogens (tertiary/aromatic N) is 1.